The molecule has 0 radical (unpaired) electrons. The number of carbonyl (C=O) groups excluding carboxylic acids is 11. The number of ether oxygens (including phenoxy) is 8. The number of rotatable bonds is 42. The number of amides is 6. The number of benzene rings is 3. The Bertz CT molecular complexity index is 3450. The van der Waals surface area contributed by atoms with Gasteiger partial charge in [0.05, 0.1) is 61.1 Å². The zero-order valence-electron chi connectivity index (χ0n) is 68.9. The van der Waals surface area contributed by atoms with Gasteiger partial charge in [-0.3, -0.25) is 43.2 Å². The molecule has 1 heterocycles. The Hall–Kier alpha value is -7.08. The van der Waals surface area contributed by atoms with Crippen LogP contribution >= 0.6 is 33.3 Å². The van der Waals surface area contributed by atoms with Crippen molar-refractivity contribution in [2.45, 2.75) is 260 Å². The van der Waals surface area contributed by atoms with Crippen LogP contribution in [-0.4, -0.2) is 199 Å². The predicted molar refractivity (Wildman–Crippen MR) is 435 cm³/mol. The molecule has 0 aliphatic carbocycles. The van der Waals surface area contributed by atoms with Crippen molar-refractivity contribution in [3.63, 3.8) is 0 Å². The minimum absolute atomic E-state index is 0.00557. The fraction of sp³-hybridized carbons (Fsp3) is 0.651. The minimum atomic E-state index is -1.55. The Morgan fingerprint density at radius 1 is 0.613 bits per heavy atom. The quantitative estimate of drug-likeness (QED) is 0.0174. The van der Waals surface area contributed by atoms with Crippen molar-refractivity contribution in [2.75, 3.05) is 63.2 Å². The molecular weight excluding hydrogens is 1480 g/mol. The van der Waals surface area contributed by atoms with Gasteiger partial charge in [0.1, 0.15) is 71.9 Å². The molecule has 1 aliphatic heterocycles. The van der Waals surface area contributed by atoms with E-state index in [1.807, 2.05) is 67.7 Å². The summed E-state index contributed by atoms with van der Waals surface area (Å²) in [4.78, 5) is 160. The average Bonchev–Trinajstić information content (AvgIpc) is 0.833. The molecule has 620 valence electrons. The number of alkyl carbamates (subject to hydrolysis) is 1. The summed E-state index contributed by atoms with van der Waals surface area (Å²) >= 11 is 1.41. The van der Waals surface area contributed by atoms with Crippen molar-refractivity contribution in [3.05, 3.63) is 95.6 Å². The van der Waals surface area contributed by atoms with E-state index >= 15 is 24.0 Å². The van der Waals surface area contributed by atoms with Gasteiger partial charge in [0, 0.05) is 56.1 Å². The molecule has 0 aromatic heterocycles. The molecule has 1 saturated heterocycles. The normalized spacial score (nSPS) is 18.8. The fourth-order valence-corrected chi connectivity index (χ4v) is 14.1. The third-order valence-electron chi connectivity index (χ3n) is 17.4. The van der Waals surface area contributed by atoms with E-state index in [9.17, 15) is 28.8 Å². The van der Waals surface area contributed by atoms with E-state index in [4.69, 9.17) is 37.9 Å². The van der Waals surface area contributed by atoms with E-state index in [0.717, 1.165) is 5.75 Å². The maximum absolute atomic E-state index is 15.6. The van der Waals surface area contributed by atoms with Gasteiger partial charge in [-0.25, -0.2) is 9.59 Å². The molecule has 0 spiro atoms. The number of nitrogens with one attached hydrogen (secondary N) is 6. The molecule has 6 amide bonds. The number of cyclic esters (lactones) is 1. The molecule has 111 heavy (non-hydrogen) atoms. The Labute approximate surface area is 670 Å². The molecule has 11 atom stereocenters. The number of thioether (sulfide) groups is 1. The molecule has 3 aromatic rings. The molecule has 2 unspecified atom stereocenters. The fourth-order valence-electron chi connectivity index (χ4n) is 11.8. The van der Waals surface area contributed by atoms with Gasteiger partial charge in [-0.2, -0.15) is 11.8 Å². The first kappa shape index (κ1) is 96.3. The van der Waals surface area contributed by atoms with Gasteiger partial charge >= 0.3 is 12.1 Å². The highest BCUT2D eigenvalue weighted by molar-refractivity contribution is 8.76. The molecular formula is C83H126N6O19S3. The number of Topliss-reactive ketones (excluding diaryl/α,β-unsaturated/α-hetero) is 4. The topological polar surface area (TPSA) is 334 Å². The highest BCUT2D eigenvalue weighted by atomic mass is 33.1. The summed E-state index contributed by atoms with van der Waals surface area (Å²) < 4.78 is 47.5. The molecule has 6 N–H and O–H groups in total. The molecule has 0 bridgehead atoms. The van der Waals surface area contributed by atoms with Crippen LogP contribution in [0.15, 0.2) is 78.9 Å². The number of esters is 1. The van der Waals surface area contributed by atoms with Gasteiger partial charge in [0.15, 0.2) is 17.3 Å². The summed E-state index contributed by atoms with van der Waals surface area (Å²) in [5.41, 5.74) is -0.904. The first-order valence-electron chi connectivity index (χ1n) is 38.6. The van der Waals surface area contributed by atoms with E-state index in [1.54, 1.807) is 153 Å². The molecule has 25 nitrogen and oxygen atoms in total. The largest absolute Gasteiger partial charge is 0.488 e. The van der Waals surface area contributed by atoms with Gasteiger partial charge in [-0.1, -0.05) is 103 Å². The lowest BCUT2D eigenvalue weighted by Gasteiger charge is -2.33. The highest BCUT2D eigenvalue weighted by Gasteiger charge is 2.41. The van der Waals surface area contributed by atoms with Gasteiger partial charge in [0.25, 0.3) is 0 Å². The standard InChI is InChI=1S/C83H126N6O19S3/c1-20-53(5)72-77(98)85-63(37-41-109-19)78(99)103-48-59(68(91)45-58(42-56-29-33-61(34-30-56)107-82(13,14)15)74(95)86-65(76(97)88-72)44-55-26-23-22-24-27-55)46-70(93)73(54(6)106-81(10,11)12)89-75(96)60(49-104-80(7,8)9)47-69(92)64(43-57-31-35-62(36-32-57)108-83(16,17)18)84-71(94)50-102-40-39-101-38-25-28-67(90)66(51-111-110-21-2)87-79(100)105-52(3)4/h22-24,26-27,29-36,52-54,58-60,63-66,72-73H,20-21,25,28,37-51H2,1-19H3,(H,84,94)(H,85,98)(H,86,95)(H,87,100)(H,88,97)(H,89,96)/t53?,54?,58-,59+,60+,63+,64+,65+,66+,72+,73+/m1/s1. The smallest absolute Gasteiger partial charge is 0.407 e. The van der Waals surface area contributed by atoms with E-state index in [-0.39, 0.29) is 70.4 Å². The van der Waals surface area contributed by atoms with Crippen LogP contribution in [0.25, 0.3) is 0 Å². The van der Waals surface area contributed by atoms with Crippen LogP contribution in [0.2, 0.25) is 0 Å². The third kappa shape index (κ3) is 38.5. The Morgan fingerprint density at radius 3 is 1.79 bits per heavy atom. The number of carbonyl (C=O) groups is 11. The van der Waals surface area contributed by atoms with Crippen molar-refractivity contribution in [1.29, 1.82) is 0 Å². The molecule has 28 heteroatoms. The van der Waals surface area contributed by atoms with Gasteiger partial charge < -0.3 is 69.8 Å². The van der Waals surface area contributed by atoms with E-state index in [1.165, 1.54) is 22.6 Å². The van der Waals surface area contributed by atoms with Crippen molar-refractivity contribution < 1.29 is 90.6 Å². The Morgan fingerprint density at radius 2 is 1.22 bits per heavy atom. The predicted octanol–water partition coefficient (Wildman–Crippen LogP) is 10.9. The summed E-state index contributed by atoms with van der Waals surface area (Å²) in [6.07, 6.45) is -1.13. The molecule has 1 fully saturated rings. The van der Waals surface area contributed by atoms with E-state index < -0.39 is 180 Å². The summed E-state index contributed by atoms with van der Waals surface area (Å²) in [5, 5.41) is 17.0. The van der Waals surface area contributed by atoms with Gasteiger partial charge in [-0.05, 0) is 188 Å². The van der Waals surface area contributed by atoms with Crippen LogP contribution in [0, 0.1) is 23.7 Å². The number of hydrogen-bond donors (Lipinski definition) is 6. The highest BCUT2D eigenvalue weighted by Crippen LogP contribution is 2.28. The van der Waals surface area contributed by atoms with Crippen molar-refractivity contribution >= 4 is 98.1 Å². The summed E-state index contributed by atoms with van der Waals surface area (Å²) in [6, 6.07) is 15.8. The van der Waals surface area contributed by atoms with Crippen molar-refractivity contribution in [1.82, 2.24) is 31.9 Å². The van der Waals surface area contributed by atoms with E-state index in [0.29, 0.717) is 52.5 Å². The van der Waals surface area contributed by atoms with Crippen LogP contribution in [0.5, 0.6) is 11.5 Å². The third-order valence-corrected chi connectivity index (χ3v) is 20.5. The van der Waals surface area contributed by atoms with Gasteiger partial charge in [-0.15, -0.1) is 0 Å². The van der Waals surface area contributed by atoms with Crippen molar-refractivity contribution in [2.24, 2.45) is 23.7 Å². The molecule has 3 aromatic carbocycles. The first-order valence-corrected chi connectivity index (χ1v) is 42.5. The first-order chi connectivity index (χ1) is 52.1. The average molecular weight is 1610 g/mol. The SMILES string of the molecule is CCSSC[C@H](NC(=O)OC(C)C)C(=O)CCCOCCOCC(=O)N[C@@H](Cc1ccc(OC(C)(C)C)cc1)C(=O)C[C@@H](COC(C)(C)C)C(=O)N[C@H](C(=O)C[C@H]1COC(=O)[C@H](CCSC)NC(=O)[C@H](C(C)CC)NC(=O)[C@H](Cc2ccccc2)NC(=O)[C@H](Cc2ccc(OC(C)(C)C)cc2)CC1=O)C(C)OC(C)(C)C. The Balaban J connectivity index is 1.74. The second kappa shape index (κ2) is 47.6. The zero-order chi connectivity index (χ0) is 82.8. The lowest BCUT2D eigenvalue weighted by Crippen LogP contribution is -2.58. The summed E-state index contributed by atoms with van der Waals surface area (Å²) in [5.74, 6) is -8.37. The van der Waals surface area contributed by atoms with Crippen molar-refractivity contribution in [3.8, 4) is 11.5 Å². The second-order valence-electron chi connectivity index (χ2n) is 32.4. The number of hydrogen-bond acceptors (Lipinski definition) is 22. The van der Waals surface area contributed by atoms with Crippen LogP contribution in [-0.2, 0) is 95.6 Å². The van der Waals surface area contributed by atoms with Crippen LogP contribution in [0.4, 0.5) is 4.79 Å². The summed E-state index contributed by atoms with van der Waals surface area (Å²) in [7, 11) is 3.06. The second-order valence-corrected chi connectivity index (χ2v) is 36.1. The molecule has 0 saturated carbocycles. The molecule has 4 rings (SSSR count). The van der Waals surface area contributed by atoms with Crippen LogP contribution < -0.4 is 41.4 Å². The van der Waals surface area contributed by atoms with E-state index in [2.05, 4.69) is 31.9 Å². The zero-order valence-corrected chi connectivity index (χ0v) is 71.3. The number of ketones is 4. The summed E-state index contributed by atoms with van der Waals surface area (Å²) in [6.45, 7) is 31.3. The minimum Gasteiger partial charge on any atom is -0.488 e. The lowest BCUT2D eigenvalue weighted by atomic mass is 9.85. The molecule has 1 aliphatic rings. The monoisotopic (exact) mass is 1610 g/mol. The van der Waals surface area contributed by atoms with Crippen LogP contribution in [0.1, 0.15) is 186 Å². The van der Waals surface area contributed by atoms with Gasteiger partial charge in [0.2, 0.25) is 29.5 Å². The lowest BCUT2D eigenvalue weighted by molar-refractivity contribution is -0.152. The maximum atomic E-state index is 15.6. The Kier molecular flexibility index (Phi) is 41.3. The maximum Gasteiger partial charge on any atom is 0.407 e. The van der Waals surface area contributed by atoms with Crippen LogP contribution in [0.3, 0.4) is 0 Å².